The molecule has 1 saturated heterocycles. The molecule has 0 aliphatic carbocycles. The predicted molar refractivity (Wildman–Crippen MR) is 104 cm³/mol. The summed E-state index contributed by atoms with van der Waals surface area (Å²) in [7, 11) is 2.15. The highest BCUT2D eigenvalue weighted by Crippen LogP contribution is 2.31. The monoisotopic (exact) mass is 357 g/mol. The standard InChI is InChI=1S/C20H24ClN3O/c1-22-8-10-23(11-9-22)13-16(25)14-24-19-5-3-2-4-17(19)18-12-15(21)6-7-20(18)24/h2-7,12,16,25H,8-11,13-14H2,1H3. The molecular weight excluding hydrogens is 334 g/mol. The number of aliphatic hydroxyl groups excluding tert-OH is 1. The Labute approximate surface area is 153 Å². The number of rotatable bonds is 4. The molecule has 1 aliphatic rings. The number of halogens is 1. The van der Waals surface area contributed by atoms with Crippen LogP contribution in [-0.2, 0) is 6.54 Å². The average molecular weight is 358 g/mol. The van der Waals surface area contributed by atoms with Crippen molar-refractivity contribution in [1.29, 1.82) is 0 Å². The first-order valence-corrected chi connectivity index (χ1v) is 9.25. The lowest BCUT2D eigenvalue weighted by molar-refractivity contribution is 0.0723. The summed E-state index contributed by atoms with van der Waals surface area (Å²) in [5, 5.41) is 13.8. The van der Waals surface area contributed by atoms with Crippen LogP contribution < -0.4 is 0 Å². The lowest BCUT2D eigenvalue weighted by Gasteiger charge is -2.33. The van der Waals surface area contributed by atoms with E-state index in [0.29, 0.717) is 6.54 Å². The summed E-state index contributed by atoms with van der Waals surface area (Å²) in [6, 6.07) is 14.3. The molecule has 0 amide bonds. The maximum atomic E-state index is 10.7. The van der Waals surface area contributed by atoms with Gasteiger partial charge in [0.15, 0.2) is 0 Å². The van der Waals surface area contributed by atoms with Crippen molar-refractivity contribution in [1.82, 2.24) is 14.4 Å². The van der Waals surface area contributed by atoms with Gasteiger partial charge in [0.05, 0.1) is 12.6 Å². The summed E-state index contributed by atoms with van der Waals surface area (Å²) in [6.45, 7) is 5.50. The SMILES string of the molecule is CN1CCN(CC(O)Cn2c3ccccc3c3cc(Cl)ccc32)CC1. The highest BCUT2D eigenvalue weighted by Gasteiger charge is 2.19. The van der Waals surface area contributed by atoms with Crippen molar-refractivity contribution in [3.63, 3.8) is 0 Å². The molecule has 1 fully saturated rings. The molecule has 4 rings (SSSR count). The van der Waals surface area contributed by atoms with E-state index in [1.54, 1.807) is 0 Å². The number of benzene rings is 2. The van der Waals surface area contributed by atoms with Crippen molar-refractivity contribution in [3.8, 4) is 0 Å². The Hall–Kier alpha value is -1.59. The number of hydrogen-bond acceptors (Lipinski definition) is 3. The molecule has 5 heteroatoms. The van der Waals surface area contributed by atoms with Crippen molar-refractivity contribution in [2.75, 3.05) is 39.8 Å². The summed E-state index contributed by atoms with van der Waals surface area (Å²) in [4.78, 5) is 4.69. The Morgan fingerprint density at radius 2 is 1.68 bits per heavy atom. The largest absolute Gasteiger partial charge is 0.390 e. The van der Waals surface area contributed by atoms with E-state index in [4.69, 9.17) is 11.6 Å². The van der Waals surface area contributed by atoms with Crippen molar-refractivity contribution in [2.45, 2.75) is 12.6 Å². The molecule has 3 aromatic rings. The summed E-state index contributed by atoms with van der Waals surface area (Å²) < 4.78 is 2.22. The van der Waals surface area contributed by atoms with Crippen molar-refractivity contribution < 1.29 is 5.11 Å². The van der Waals surface area contributed by atoms with Crippen molar-refractivity contribution >= 4 is 33.4 Å². The van der Waals surface area contributed by atoms with Gasteiger partial charge >= 0.3 is 0 Å². The Morgan fingerprint density at radius 3 is 2.48 bits per heavy atom. The number of fused-ring (bicyclic) bond motifs is 3. The Kier molecular flexibility index (Phi) is 4.69. The van der Waals surface area contributed by atoms with Crippen LogP contribution in [0.4, 0.5) is 0 Å². The predicted octanol–water partition coefficient (Wildman–Crippen LogP) is 3.06. The fourth-order valence-corrected chi connectivity index (χ4v) is 3.99. The van der Waals surface area contributed by atoms with Crippen LogP contribution in [0.15, 0.2) is 42.5 Å². The van der Waals surface area contributed by atoms with E-state index in [-0.39, 0.29) is 0 Å². The Bertz CT molecular complexity index is 883. The molecule has 0 bridgehead atoms. The summed E-state index contributed by atoms with van der Waals surface area (Å²) in [5.41, 5.74) is 2.28. The fourth-order valence-electron chi connectivity index (χ4n) is 3.82. The Morgan fingerprint density at radius 1 is 0.960 bits per heavy atom. The molecule has 0 spiro atoms. The third-order valence-corrected chi connectivity index (χ3v) is 5.43. The molecule has 25 heavy (non-hydrogen) atoms. The van der Waals surface area contributed by atoms with Crippen LogP contribution in [0.25, 0.3) is 21.8 Å². The topological polar surface area (TPSA) is 31.6 Å². The molecule has 0 radical (unpaired) electrons. The Balaban J connectivity index is 1.61. The van der Waals surface area contributed by atoms with Gasteiger partial charge in [-0.1, -0.05) is 29.8 Å². The quantitative estimate of drug-likeness (QED) is 0.778. The van der Waals surface area contributed by atoms with Gasteiger partial charge in [-0.05, 0) is 31.3 Å². The summed E-state index contributed by atoms with van der Waals surface area (Å²) >= 11 is 6.21. The van der Waals surface area contributed by atoms with Gasteiger partial charge in [-0.3, -0.25) is 4.90 Å². The van der Waals surface area contributed by atoms with E-state index in [1.807, 2.05) is 24.3 Å². The fraction of sp³-hybridized carbons (Fsp3) is 0.400. The molecule has 1 unspecified atom stereocenters. The van der Waals surface area contributed by atoms with Gasteiger partial charge in [-0.15, -0.1) is 0 Å². The molecule has 1 aromatic heterocycles. The van der Waals surface area contributed by atoms with Gasteiger partial charge in [-0.25, -0.2) is 0 Å². The van der Waals surface area contributed by atoms with Gasteiger partial charge in [-0.2, -0.15) is 0 Å². The molecule has 1 N–H and O–H groups in total. The minimum atomic E-state index is -0.391. The highest BCUT2D eigenvalue weighted by atomic mass is 35.5. The second kappa shape index (κ2) is 6.96. The number of nitrogens with zero attached hydrogens (tertiary/aromatic N) is 3. The zero-order valence-electron chi connectivity index (χ0n) is 14.5. The number of aliphatic hydroxyl groups is 1. The van der Waals surface area contributed by atoms with Crippen LogP contribution in [0.1, 0.15) is 0 Å². The molecule has 132 valence electrons. The number of β-amino-alcohol motifs (C(OH)–C–C–N with tert-alkyl or cyclic N) is 1. The maximum Gasteiger partial charge on any atom is 0.0845 e. The maximum absolute atomic E-state index is 10.7. The summed E-state index contributed by atoms with van der Waals surface area (Å²) in [6.07, 6.45) is -0.391. The first kappa shape index (κ1) is 16.9. The number of likely N-dealkylation sites (N-methyl/N-ethyl adjacent to an activating group) is 1. The number of piperazine rings is 1. The number of aromatic nitrogens is 1. The first-order valence-electron chi connectivity index (χ1n) is 8.87. The minimum Gasteiger partial charge on any atom is -0.390 e. The molecule has 1 aliphatic heterocycles. The van der Waals surface area contributed by atoms with Crippen LogP contribution >= 0.6 is 11.6 Å². The van der Waals surface area contributed by atoms with Gasteiger partial charge in [0.2, 0.25) is 0 Å². The minimum absolute atomic E-state index is 0.391. The molecular formula is C20H24ClN3O. The smallest absolute Gasteiger partial charge is 0.0845 e. The van der Waals surface area contributed by atoms with Gasteiger partial charge in [0, 0.05) is 59.6 Å². The van der Waals surface area contributed by atoms with E-state index >= 15 is 0 Å². The van der Waals surface area contributed by atoms with Gasteiger partial charge < -0.3 is 14.6 Å². The average Bonchev–Trinajstić information content (AvgIpc) is 2.91. The first-order chi connectivity index (χ1) is 12.1. The second-order valence-electron chi connectivity index (χ2n) is 7.05. The van der Waals surface area contributed by atoms with E-state index in [2.05, 4.69) is 39.6 Å². The van der Waals surface area contributed by atoms with Crippen LogP contribution in [0.5, 0.6) is 0 Å². The second-order valence-corrected chi connectivity index (χ2v) is 7.48. The van der Waals surface area contributed by atoms with Crippen molar-refractivity contribution in [3.05, 3.63) is 47.5 Å². The van der Waals surface area contributed by atoms with E-state index < -0.39 is 6.10 Å². The summed E-state index contributed by atoms with van der Waals surface area (Å²) in [5.74, 6) is 0. The van der Waals surface area contributed by atoms with Crippen LogP contribution in [-0.4, -0.2) is 65.3 Å². The van der Waals surface area contributed by atoms with E-state index in [0.717, 1.165) is 54.2 Å². The van der Waals surface area contributed by atoms with E-state index in [1.165, 1.54) is 5.39 Å². The normalized spacial score (nSPS) is 18.2. The van der Waals surface area contributed by atoms with Crippen molar-refractivity contribution in [2.24, 2.45) is 0 Å². The zero-order chi connectivity index (χ0) is 17.4. The molecule has 2 aromatic carbocycles. The number of hydrogen-bond donors (Lipinski definition) is 1. The third-order valence-electron chi connectivity index (χ3n) is 5.19. The molecule has 2 heterocycles. The van der Waals surface area contributed by atoms with Crippen LogP contribution in [0.2, 0.25) is 5.02 Å². The highest BCUT2D eigenvalue weighted by molar-refractivity contribution is 6.31. The van der Waals surface area contributed by atoms with Crippen LogP contribution in [0, 0.1) is 0 Å². The van der Waals surface area contributed by atoms with Gasteiger partial charge in [0.1, 0.15) is 0 Å². The lowest BCUT2D eigenvalue weighted by atomic mass is 10.2. The zero-order valence-corrected chi connectivity index (χ0v) is 15.3. The lowest BCUT2D eigenvalue weighted by Crippen LogP contribution is -2.47. The molecule has 4 nitrogen and oxygen atoms in total. The number of para-hydroxylation sites is 1. The van der Waals surface area contributed by atoms with E-state index in [9.17, 15) is 5.11 Å². The molecule has 0 saturated carbocycles. The van der Waals surface area contributed by atoms with Crippen LogP contribution in [0.3, 0.4) is 0 Å². The third kappa shape index (κ3) is 3.40. The van der Waals surface area contributed by atoms with Gasteiger partial charge in [0.25, 0.3) is 0 Å². The molecule has 1 atom stereocenters.